The van der Waals surface area contributed by atoms with Crippen molar-refractivity contribution in [3.05, 3.63) is 69.5 Å². The average Bonchev–Trinajstić information content (AvgIpc) is 3.15. The Hall–Kier alpha value is -3.54. The molecule has 8 nitrogen and oxygen atoms in total. The molecule has 2 heterocycles. The molecule has 8 heteroatoms. The first-order chi connectivity index (χ1) is 14.8. The number of nitrogens with one attached hydrogen (secondary N) is 3. The zero-order chi connectivity index (χ0) is 22.5. The lowest BCUT2D eigenvalue weighted by atomic mass is 9.93. The van der Waals surface area contributed by atoms with Gasteiger partial charge in [0.15, 0.2) is 0 Å². The van der Waals surface area contributed by atoms with Crippen molar-refractivity contribution in [1.29, 1.82) is 10.7 Å². The van der Waals surface area contributed by atoms with Gasteiger partial charge >= 0.3 is 5.97 Å². The van der Waals surface area contributed by atoms with Crippen LogP contribution in [0.4, 0.5) is 5.82 Å². The monoisotopic (exact) mass is 419 g/mol. The summed E-state index contributed by atoms with van der Waals surface area (Å²) in [6.45, 7) is 6.17. The summed E-state index contributed by atoms with van der Waals surface area (Å²) in [5, 5.41) is 33.7. The molecular formula is C23H25N5O3. The van der Waals surface area contributed by atoms with Gasteiger partial charge in [-0.25, -0.2) is 9.78 Å². The van der Waals surface area contributed by atoms with Crippen LogP contribution >= 0.6 is 0 Å². The van der Waals surface area contributed by atoms with Crippen LogP contribution in [-0.2, 0) is 11.3 Å². The minimum Gasteiger partial charge on any atom is -0.457 e. The van der Waals surface area contributed by atoms with Gasteiger partial charge in [-0.1, -0.05) is 6.07 Å². The van der Waals surface area contributed by atoms with Crippen molar-refractivity contribution in [2.24, 2.45) is 0 Å². The molecule has 1 aliphatic rings. The van der Waals surface area contributed by atoms with Crippen LogP contribution in [0.15, 0.2) is 36.2 Å². The van der Waals surface area contributed by atoms with Gasteiger partial charge in [0.2, 0.25) is 0 Å². The smallest absolute Gasteiger partial charge is 0.338 e. The fourth-order valence-corrected chi connectivity index (χ4v) is 3.41. The average molecular weight is 419 g/mol. The lowest BCUT2D eigenvalue weighted by molar-refractivity contribution is 0.0535. The van der Waals surface area contributed by atoms with E-state index in [2.05, 4.69) is 21.7 Å². The first-order valence-corrected chi connectivity index (χ1v) is 9.89. The summed E-state index contributed by atoms with van der Waals surface area (Å²) in [7, 11) is 0. The molecule has 0 fully saturated rings. The summed E-state index contributed by atoms with van der Waals surface area (Å²) in [5.74, 6) is 0.250. The van der Waals surface area contributed by atoms with Gasteiger partial charge in [-0.2, -0.15) is 5.26 Å². The van der Waals surface area contributed by atoms with Crippen LogP contribution in [0.2, 0.25) is 0 Å². The number of carbonyl (C=O) groups excluding carboxylic acids is 1. The highest BCUT2D eigenvalue weighted by molar-refractivity contribution is 5.94. The minimum absolute atomic E-state index is 0.234. The summed E-state index contributed by atoms with van der Waals surface area (Å²) in [6.07, 6.45) is 3.60. The summed E-state index contributed by atoms with van der Waals surface area (Å²) in [5.41, 5.74) is 4.97. The minimum atomic E-state index is -0.788. The third-order valence-corrected chi connectivity index (χ3v) is 5.45. The normalized spacial score (nSPS) is 14.9. The number of aliphatic hydroxyl groups excluding tert-OH is 1. The van der Waals surface area contributed by atoms with E-state index in [0.717, 1.165) is 22.3 Å². The molecule has 1 aliphatic heterocycles. The van der Waals surface area contributed by atoms with Gasteiger partial charge in [0.05, 0.1) is 17.2 Å². The molecule has 2 unspecified atom stereocenters. The first-order valence-electron chi connectivity index (χ1n) is 9.89. The number of hydrogen-bond donors (Lipinski definition) is 4. The van der Waals surface area contributed by atoms with Crippen molar-refractivity contribution in [2.75, 3.05) is 11.9 Å². The van der Waals surface area contributed by atoms with Crippen LogP contribution in [0, 0.1) is 30.6 Å². The molecule has 3 rings (SSSR count). The summed E-state index contributed by atoms with van der Waals surface area (Å²) >= 11 is 0. The quantitative estimate of drug-likeness (QED) is 0.382. The predicted molar refractivity (Wildman–Crippen MR) is 117 cm³/mol. The Morgan fingerprint density at radius 1 is 1.45 bits per heavy atom. The Morgan fingerprint density at radius 3 is 2.90 bits per heavy atom. The number of esters is 1. The zero-order valence-corrected chi connectivity index (χ0v) is 17.7. The van der Waals surface area contributed by atoms with Crippen molar-refractivity contribution in [2.45, 2.75) is 39.5 Å². The molecule has 4 N–H and O–H groups in total. The van der Waals surface area contributed by atoms with E-state index in [9.17, 15) is 9.90 Å². The highest BCUT2D eigenvalue weighted by atomic mass is 16.5. The Bertz CT molecular complexity index is 1090. The van der Waals surface area contributed by atoms with Gasteiger partial charge in [-0.3, -0.25) is 0 Å². The highest BCUT2D eigenvalue weighted by Crippen LogP contribution is 2.30. The molecule has 2 aromatic rings. The van der Waals surface area contributed by atoms with Crippen LogP contribution in [0.25, 0.3) is 0 Å². The van der Waals surface area contributed by atoms with Crippen LogP contribution < -0.4 is 10.6 Å². The topological polar surface area (TPSA) is 131 Å². The van der Waals surface area contributed by atoms with Crippen LogP contribution in [0.1, 0.15) is 51.2 Å². The van der Waals surface area contributed by atoms with Crippen LogP contribution in [0.5, 0.6) is 0 Å². The third kappa shape index (κ3) is 4.79. The number of hydrogen-bond acceptors (Lipinski definition) is 8. The first kappa shape index (κ1) is 22.2. The number of carbonyl (C=O) groups is 1. The highest BCUT2D eigenvalue weighted by Gasteiger charge is 2.27. The number of pyridine rings is 1. The van der Waals surface area contributed by atoms with Crippen molar-refractivity contribution in [3.63, 3.8) is 0 Å². The predicted octanol–water partition coefficient (Wildman–Crippen LogP) is 2.90. The van der Waals surface area contributed by atoms with E-state index in [-0.39, 0.29) is 18.6 Å². The fourth-order valence-electron chi connectivity index (χ4n) is 3.41. The second-order valence-electron chi connectivity index (χ2n) is 7.50. The van der Waals surface area contributed by atoms with Crippen molar-refractivity contribution in [3.8, 4) is 6.07 Å². The molecule has 0 radical (unpaired) electrons. The number of aryl methyl sites for hydroxylation is 1. The van der Waals surface area contributed by atoms with E-state index in [1.165, 1.54) is 12.4 Å². The SMILES string of the molecule is Cc1cc(N/C=C(\C=N)CNC(C)C(O)c2ccc3c(c2C)COC3=O)ncc1C#N. The number of nitriles is 1. The third-order valence-electron chi connectivity index (χ3n) is 5.45. The van der Waals surface area contributed by atoms with Gasteiger partial charge < -0.3 is 25.9 Å². The fraction of sp³-hybridized carbons (Fsp3) is 0.304. The molecule has 0 spiro atoms. The number of nitrogens with zero attached hydrogens (tertiary/aromatic N) is 2. The molecular weight excluding hydrogens is 394 g/mol. The van der Waals surface area contributed by atoms with Crippen molar-refractivity contribution >= 4 is 18.0 Å². The van der Waals surface area contributed by atoms with E-state index < -0.39 is 6.10 Å². The molecule has 160 valence electrons. The van der Waals surface area contributed by atoms with Gasteiger partial charge in [-0.05, 0) is 55.2 Å². The molecule has 2 atom stereocenters. The Morgan fingerprint density at radius 2 is 2.23 bits per heavy atom. The molecule has 1 aromatic carbocycles. The summed E-state index contributed by atoms with van der Waals surface area (Å²) < 4.78 is 5.08. The number of aliphatic hydroxyl groups is 1. The summed E-state index contributed by atoms with van der Waals surface area (Å²) in [4.78, 5) is 15.9. The van der Waals surface area contributed by atoms with E-state index in [0.29, 0.717) is 29.1 Å². The van der Waals surface area contributed by atoms with Gasteiger partial charge in [-0.15, -0.1) is 0 Å². The molecule has 31 heavy (non-hydrogen) atoms. The molecule has 0 bridgehead atoms. The number of rotatable bonds is 8. The van der Waals surface area contributed by atoms with E-state index in [4.69, 9.17) is 15.4 Å². The molecule has 0 saturated heterocycles. The number of cyclic esters (lactones) is 1. The maximum Gasteiger partial charge on any atom is 0.338 e. The van der Waals surface area contributed by atoms with Crippen molar-refractivity contribution < 1.29 is 14.6 Å². The Kier molecular flexibility index (Phi) is 6.80. The lowest BCUT2D eigenvalue weighted by Gasteiger charge is -2.23. The zero-order valence-electron chi connectivity index (χ0n) is 17.7. The van der Waals surface area contributed by atoms with E-state index in [1.807, 2.05) is 20.8 Å². The van der Waals surface area contributed by atoms with Crippen LogP contribution in [0.3, 0.4) is 0 Å². The van der Waals surface area contributed by atoms with E-state index >= 15 is 0 Å². The Balaban J connectivity index is 1.63. The second kappa shape index (κ2) is 9.51. The molecule has 0 amide bonds. The summed E-state index contributed by atoms with van der Waals surface area (Å²) in [6, 6.07) is 7.00. The lowest BCUT2D eigenvalue weighted by Crippen LogP contribution is -2.34. The Labute approximate surface area is 181 Å². The largest absolute Gasteiger partial charge is 0.457 e. The molecule has 0 aliphatic carbocycles. The number of benzene rings is 1. The standard InChI is InChI=1S/C23H25N5O3/c1-13-6-21(28-11-17(13)8-25)27-10-16(7-24)9-26-15(3)22(29)18-4-5-19-20(14(18)2)12-31-23(19)30/h4-7,10-11,15,22,24,26,29H,9,12H2,1-3H3,(H,27,28)/b16-10+,24-7?. The van der Waals surface area contributed by atoms with Gasteiger partial charge in [0, 0.05) is 36.8 Å². The molecule has 0 saturated carbocycles. The number of fused-ring (bicyclic) bond motifs is 1. The van der Waals surface area contributed by atoms with Gasteiger partial charge in [0.25, 0.3) is 0 Å². The van der Waals surface area contributed by atoms with Crippen molar-refractivity contribution in [1.82, 2.24) is 10.3 Å². The second-order valence-corrected chi connectivity index (χ2v) is 7.50. The number of ether oxygens (including phenoxy) is 1. The molecule has 1 aromatic heterocycles. The maximum absolute atomic E-state index is 11.7. The van der Waals surface area contributed by atoms with E-state index in [1.54, 1.807) is 24.4 Å². The number of anilines is 1. The van der Waals surface area contributed by atoms with Gasteiger partial charge in [0.1, 0.15) is 18.5 Å². The van der Waals surface area contributed by atoms with Crippen LogP contribution in [-0.4, -0.2) is 34.9 Å². The number of aromatic nitrogens is 1. The maximum atomic E-state index is 11.7.